The fourth-order valence-electron chi connectivity index (χ4n) is 1.72. The molecule has 60 valence electrons. The van der Waals surface area contributed by atoms with Gasteiger partial charge in [-0.05, 0) is 38.0 Å². The van der Waals surface area contributed by atoms with Gasteiger partial charge in [0.15, 0.2) is 0 Å². The van der Waals surface area contributed by atoms with E-state index in [0.29, 0.717) is 0 Å². The minimum absolute atomic E-state index is 0.000986. The molecule has 2 nitrogen and oxygen atoms in total. The second-order valence-corrected chi connectivity index (χ2v) is 3.32. The van der Waals surface area contributed by atoms with Crippen LogP contribution in [-0.2, 0) is 0 Å². The molecule has 10 heavy (non-hydrogen) atoms. The zero-order valence-corrected chi connectivity index (χ0v) is 6.55. The third-order valence-corrected chi connectivity index (χ3v) is 2.43. The van der Waals surface area contributed by atoms with E-state index in [0.717, 1.165) is 25.3 Å². The smallest absolute Gasteiger partial charge is 0.0742 e. The second kappa shape index (κ2) is 3.94. The van der Waals surface area contributed by atoms with Crippen molar-refractivity contribution >= 4 is 0 Å². The van der Waals surface area contributed by atoms with Gasteiger partial charge in [0.25, 0.3) is 0 Å². The van der Waals surface area contributed by atoms with Crippen LogP contribution in [0, 0.1) is 5.92 Å². The summed E-state index contributed by atoms with van der Waals surface area (Å²) in [6.07, 6.45) is 5.73. The molecule has 1 fully saturated rings. The first kappa shape index (κ1) is 8.02. The van der Waals surface area contributed by atoms with Crippen molar-refractivity contribution in [1.29, 1.82) is 0 Å². The number of rotatable bonds is 2. The average Bonchev–Trinajstić information content (AvgIpc) is 1.95. The first-order chi connectivity index (χ1) is 4.83. The molecule has 1 aliphatic rings. The van der Waals surface area contributed by atoms with Crippen LogP contribution in [-0.4, -0.2) is 17.8 Å². The predicted molar refractivity (Wildman–Crippen MR) is 40.3 cm³/mol. The molecule has 0 bridgehead atoms. The highest BCUT2D eigenvalue weighted by atomic mass is 16.3. The van der Waals surface area contributed by atoms with Crippen molar-refractivity contribution in [2.24, 2.45) is 5.92 Å². The Morgan fingerprint density at radius 3 is 2.30 bits per heavy atom. The molecule has 0 unspecified atom stereocenters. The van der Waals surface area contributed by atoms with Crippen molar-refractivity contribution in [2.45, 2.75) is 38.2 Å². The van der Waals surface area contributed by atoms with Crippen molar-refractivity contribution in [3.05, 3.63) is 0 Å². The average molecular weight is 144 g/mol. The van der Waals surface area contributed by atoms with Crippen molar-refractivity contribution < 1.29 is 10.8 Å². The first-order valence-electron chi connectivity index (χ1n) is 4.30. The Morgan fingerprint density at radius 2 is 1.80 bits per heavy atom. The molecule has 0 radical (unpaired) electrons. The summed E-state index contributed by atoms with van der Waals surface area (Å²) in [5, 5.41) is 9.18. The number of hydrogen-bond donors (Lipinski definition) is 2. The highest BCUT2D eigenvalue weighted by Crippen LogP contribution is 2.25. The quantitative estimate of drug-likeness (QED) is 0.570. The SMILES string of the molecule is [NH3+]CCC1CCC(O)CC1. The summed E-state index contributed by atoms with van der Waals surface area (Å²) < 4.78 is 0. The van der Waals surface area contributed by atoms with Gasteiger partial charge >= 0.3 is 0 Å². The lowest BCUT2D eigenvalue weighted by molar-refractivity contribution is -0.370. The third kappa shape index (κ3) is 2.27. The molecule has 1 rings (SSSR count). The normalized spacial score (nSPS) is 34.2. The van der Waals surface area contributed by atoms with E-state index in [1.54, 1.807) is 0 Å². The Morgan fingerprint density at radius 1 is 1.20 bits per heavy atom. The Labute approximate surface area is 62.4 Å². The highest BCUT2D eigenvalue weighted by Gasteiger charge is 2.18. The molecule has 0 spiro atoms. The maximum absolute atomic E-state index is 9.18. The summed E-state index contributed by atoms with van der Waals surface area (Å²) in [5.74, 6) is 0.862. The Hall–Kier alpha value is -0.0800. The number of quaternary nitrogens is 1. The van der Waals surface area contributed by atoms with Gasteiger partial charge in [-0.2, -0.15) is 0 Å². The van der Waals surface area contributed by atoms with Gasteiger partial charge in [0.2, 0.25) is 0 Å². The van der Waals surface area contributed by atoms with Crippen molar-refractivity contribution in [1.82, 2.24) is 0 Å². The van der Waals surface area contributed by atoms with Crippen LogP contribution >= 0.6 is 0 Å². The van der Waals surface area contributed by atoms with E-state index in [2.05, 4.69) is 5.73 Å². The maximum atomic E-state index is 9.18. The second-order valence-electron chi connectivity index (χ2n) is 3.32. The van der Waals surface area contributed by atoms with E-state index in [1.165, 1.54) is 19.3 Å². The van der Waals surface area contributed by atoms with Crippen molar-refractivity contribution in [3.63, 3.8) is 0 Å². The zero-order valence-electron chi connectivity index (χ0n) is 6.55. The van der Waals surface area contributed by atoms with Crippen LogP contribution in [0.1, 0.15) is 32.1 Å². The lowest BCUT2D eigenvalue weighted by Crippen LogP contribution is -2.51. The van der Waals surface area contributed by atoms with E-state index in [-0.39, 0.29) is 6.10 Å². The van der Waals surface area contributed by atoms with E-state index in [4.69, 9.17) is 0 Å². The molecule has 0 saturated heterocycles. The number of hydrogen-bond acceptors (Lipinski definition) is 1. The van der Waals surface area contributed by atoms with E-state index in [9.17, 15) is 5.11 Å². The molecule has 0 aromatic heterocycles. The standard InChI is InChI=1S/C8H17NO/c9-6-5-7-1-3-8(10)4-2-7/h7-8,10H,1-6,9H2/p+1. The summed E-state index contributed by atoms with van der Waals surface area (Å²) in [4.78, 5) is 0. The molecular formula is C8H18NO+. The van der Waals surface area contributed by atoms with Gasteiger partial charge in [-0.25, -0.2) is 0 Å². The summed E-state index contributed by atoms with van der Waals surface area (Å²) in [6, 6.07) is 0. The molecule has 0 aromatic rings. The largest absolute Gasteiger partial charge is 0.393 e. The number of aliphatic hydroxyl groups is 1. The van der Waals surface area contributed by atoms with Crippen LogP contribution in [0.3, 0.4) is 0 Å². The molecule has 0 aliphatic heterocycles. The number of aliphatic hydroxyl groups excluding tert-OH is 1. The van der Waals surface area contributed by atoms with Crippen LogP contribution in [0.2, 0.25) is 0 Å². The van der Waals surface area contributed by atoms with Gasteiger partial charge in [0.05, 0.1) is 12.6 Å². The molecular weight excluding hydrogens is 126 g/mol. The maximum Gasteiger partial charge on any atom is 0.0742 e. The molecule has 1 saturated carbocycles. The Balaban J connectivity index is 2.13. The van der Waals surface area contributed by atoms with Crippen LogP contribution in [0.4, 0.5) is 0 Å². The van der Waals surface area contributed by atoms with Crippen molar-refractivity contribution in [3.8, 4) is 0 Å². The van der Waals surface area contributed by atoms with Gasteiger partial charge in [-0.15, -0.1) is 0 Å². The Kier molecular flexibility index (Phi) is 3.16. The van der Waals surface area contributed by atoms with Gasteiger partial charge in [-0.1, -0.05) is 0 Å². The molecule has 0 amide bonds. The zero-order chi connectivity index (χ0) is 7.40. The van der Waals surface area contributed by atoms with E-state index in [1.807, 2.05) is 0 Å². The topological polar surface area (TPSA) is 47.9 Å². The molecule has 4 N–H and O–H groups in total. The van der Waals surface area contributed by atoms with E-state index >= 15 is 0 Å². The summed E-state index contributed by atoms with van der Waals surface area (Å²) in [5.41, 5.74) is 3.84. The monoisotopic (exact) mass is 144 g/mol. The van der Waals surface area contributed by atoms with Crippen LogP contribution in [0.5, 0.6) is 0 Å². The van der Waals surface area contributed by atoms with Gasteiger partial charge in [0.1, 0.15) is 0 Å². The van der Waals surface area contributed by atoms with Gasteiger partial charge in [-0.3, -0.25) is 0 Å². The fourth-order valence-corrected chi connectivity index (χ4v) is 1.72. The molecule has 0 aromatic carbocycles. The van der Waals surface area contributed by atoms with Crippen LogP contribution in [0.25, 0.3) is 0 Å². The predicted octanol–water partition coefficient (Wildman–Crippen LogP) is 0.169. The molecule has 0 heterocycles. The lowest BCUT2D eigenvalue weighted by atomic mass is 9.85. The summed E-state index contributed by atoms with van der Waals surface area (Å²) in [6.45, 7) is 1.06. The minimum Gasteiger partial charge on any atom is -0.393 e. The molecule has 2 heteroatoms. The summed E-state index contributed by atoms with van der Waals surface area (Å²) >= 11 is 0. The third-order valence-electron chi connectivity index (χ3n) is 2.43. The minimum atomic E-state index is 0.000986. The fraction of sp³-hybridized carbons (Fsp3) is 1.00. The Bertz CT molecular complexity index is 87.3. The molecule has 0 atom stereocenters. The highest BCUT2D eigenvalue weighted by molar-refractivity contribution is 4.70. The van der Waals surface area contributed by atoms with Crippen LogP contribution in [0.15, 0.2) is 0 Å². The lowest BCUT2D eigenvalue weighted by Gasteiger charge is -2.23. The van der Waals surface area contributed by atoms with Crippen molar-refractivity contribution in [2.75, 3.05) is 6.54 Å². The van der Waals surface area contributed by atoms with Crippen LogP contribution < -0.4 is 5.73 Å². The summed E-state index contributed by atoms with van der Waals surface area (Å²) in [7, 11) is 0. The first-order valence-corrected chi connectivity index (χ1v) is 4.30. The molecule has 1 aliphatic carbocycles. The van der Waals surface area contributed by atoms with Gasteiger partial charge < -0.3 is 10.8 Å². The van der Waals surface area contributed by atoms with Gasteiger partial charge in [0, 0.05) is 0 Å². The van der Waals surface area contributed by atoms with E-state index < -0.39 is 0 Å².